The number of nitrogens with one attached hydrogen (secondary N) is 3. The third kappa shape index (κ3) is 7.06. The molecule has 0 radical (unpaired) electrons. The first kappa shape index (κ1) is 24.2. The van der Waals surface area contributed by atoms with E-state index in [1.165, 1.54) is 6.21 Å². The molecule has 32 heavy (non-hydrogen) atoms. The highest BCUT2D eigenvalue weighted by Crippen LogP contribution is 2.23. The van der Waals surface area contributed by atoms with Crippen LogP contribution in [0.2, 0.25) is 0 Å². The zero-order chi connectivity index (χ0) is 23.1. The number of carbonyl (C=O) groups excluding carboxylic acids is 1. The molecule has 10 heteroatoms. The lowest BCUT2D eigenvalue weighted by molar-refractivity contribution is -0.114. The minimum absolute atomic E-state index is 0.210. The van der Waals surface area contributed by atoms with Crippen LogP contribution in [-0.2, 0) is 14.3 Å². The first-order valence-electron chi connectivity index (χ1n) is 11.3. The van der Waals surface area contributed by atoms with E-state index in [2.05, 4.69) is 34.8 Å². The molecule has 3 atom stereocenters. The Morgan fingerprint density at radius 3 is 2.69 bits per heavy atom. The molecule has 0 aromatic heterocycles. The van der Waals surface area contributed by atoms with Gasteiger partial charge in [-0.05, 0) is 30.9 Å². The summed E-state index contributed by atoms with van der Waals surface area (Å²) in [6.45, 7) is 5.59. The average Bonchev–Trinajstić information content (AvgIpc) is 2.75. The van der Waals surface area contributed by atoms with Crippen molar-refractivity contribution >= 4 is 12.1 Å². The van der Waals surface area contributed by atoms with Gasteiger partial charge >= 0.3 is 0 Å². The maximum atomic E-state index is 11.9. The summed E-state index contributed by atoms with van der Waals surface area (Å²) >= 11 is 0. The molecule has 0 saturated carbocycles. The minimum atomic E-state index is -1.03. The molecule has 0 aromatic carbocycles. The summed E-state index contributed by atoms with van der Waals surface area (Å²) in [7, 11) is 0. The highest BCUT2D eigenvalue weighted by molar-refractivity contribution is 6.12. The second-order valence-corrected chi connectivity index (χ2v) is 8.75. The van der Waals surface area contributed by atoms with Gasteiger partial charge < -0.3 is 36.7 Å². The van der Waals surface area contributed by atoms with Crippen molar-refractivity contribution in [3.63, 3.8) is 0 Å². The van der Waals surface area contributed by atoms with Gasteiger partial charge in [-0.1, -0.05) is 13.8 Å². The maximum Gasteiger partial charge on any atom is 0.253 e. The van der Waals surface area contributed by atoms with Crippen LogP contribution >= 0.6 is 0 Å². The molecular weight excluding hydrogens is 412 g/mol. The molecule has 0 aromatic rings. The maximum absolute atomic E-state index is 11.9. The fourth-order valence-electron chi connectivity index (χ4n) is 3.85. The summed E-state index contributed by atoms with van der Waals surface area (Å²) in [6.07, 6.45) is 7.96. The molecule has 2 heterocycles. The van der Waals surface area contributed by atoms with Gasteiger partial charge in [-0.2, -0.15) is 0 Å². The average molecular weight is 449 g/mol. The summed E-state index contributed by atoms with van der Waals surface area (Å²) in [4.78, 5) is 16.2. The van der Waals surface area contributed by atoms with Gasteiger partial charge in [-0.25, -0.2) is 0 Å². The van der Waals surface area contributed by atoms with Crippen LogP contribution in [0.25, 0.3) is 0 Å². The van der Waals surface area contributed by atoms with Crippen LogP contribution in [0.1, 0.15) is 46.0 Å². The Morgan fingerprint density at radius 2 is 2.09 bits per heavy atom. The van der Waals surface area contributed by atoms with Gasteiger partial charge in [0, 0.05) is 37.2 Å². The second-order valence-electron chi connectivity index (χ2n) is 8.75. The zero-order valence-corrected chi connectivity index (χ0v) is 18.8. The van der Waals surface area contributed by atoms with Crippen LogP contribution in [-0.4, -0.2) is 55.1 Å². The number of carbonyl (C=O) groups is 1. The quantitative estimate of drug-likeness (QED) is 0.260. The first-order chi connectivity index (χ1) is 15.3. The van der Waals surface area contributed by atoms with Gasteiger partial charge in [-0.15, -0.1) is 0 Å². The Bertz CT molecular complexity index is 783. The van der Waals surface area contributed by atoms with Crippen LogP contribution in [0.15, 0.2) is 40.0 Å². The summed E-state index contributed by atoms with van der Waals surface area (Å²) in [5.41, 5.74) is 12.4. The van der Waals surface area contributed by atoms with E-state index in [4.69, 9.17) is 20.9 Å². The number of aliphatic hydroxyl groups is 1. The van der Waals surface area contributed by atoms with E-state index in [1.54, 1.807) is 0 Å². The molecule has 1 amide bonds. The van der Waals surface area contributed by atoms with Crippen molar-refractivity contribution in [1.29, 1.82) is 0 Å². The van der Waals surface area contributed by atoms with Crippen LogP contribution < -0.4 is 27.4 Å². The lowest BCUT2D eigenvalue weighted by Crippen LogP contribution is -2.55. The van der Waals surface area contributed by atoms with Crippen molar-refractivity contribution < 1.29 is 19.4 Å². The highest BCUT2D eigenvalue weighted by Gasteiger charge is 2.26. The molecule has 0 spiro atoms. The largest absolute Gasteiger partial charge is 0.495 e. The van der Waals surface area contributed by atoms with Crippen molar-refractivity contribution in [1.82, 2.24) is 16.0 Å². The fraction of sp³-hybridized carbons (Fsp3) is 0.636. The van der Waals surface area contributed by atoms with Crippen molar-refractivity contribution in [2.24, 2.45) is 22.4 Å². The predicted octanol–water partition coefficient (Wildman–Crippen LogP) is 0.269. The van der Waals surface area contributed by atoms with Gasteiger partial charge in [-0.3, -0.25) is 15.1 Å². The topological polar surface area (TPSA) is 156 Å². The molecule has 0 bridgehead atoms. The summed E-state index contributed by atoms with van der Waals surface area (Å²) in [5, 5.41) is 19.5. The molecule has 3 rings (SSSR count). The molecular formula is C22H36N6O4. The lowest BCUT2D eigenvalue weighted by Gasteiger charge is -2.31. The fourth-order valence-corrected chi connectivity index (χ4v) is 3.85. The van der Waals surface area contributed by atoms with Crippen molar-refractivity contribution in [2.75, 3.05) is 13.2 Å². The molecule has 10 nitrogen and oxygen atoms in total. The molecule has 1 saturated heterocycles. The molecule has 3 unspecified atom stereocenters. The van der Waals surface area contributed by atoms with Crippen molar-refractivity contribution in [3.05, 3.63) is 35.0 Å². The number of aliphatic imine (C=N–C) groups is 1. The monoisotopic (exact) mass is 448 g/mol. The number of amides is 1. The Kier molecular flexibility index (Phi) is 8.68. The molecule has 3 aliphatic rings. The lowest BCUT2D eigenvalue weighted by atomic mass is 10.0. The van der Waals surface area contributed by atoms with E-state index < -0.39 is 18.4 Å². The normalized spacial score (nSPS) is 23.8. The number of allylic oxidation sites excluding steroid dienone is 4. The predicted molar refractivity (Wildman–Crippen MR) is 122 cm³/mol. The molecule has 8 N–H and O–H groups in total. The van der Waals surface area contributed by atoms with Crippen LogP contribution in [0.3, 0.4) is 0 Å². The van der Waals surface area contributed by atoms with Crippen LogP contribution in [0.5, 0.6) is 0 Å². The van der Waals surface area contributed by atoms with E-state index >= 15 is 0 Å². The van der Waals surface area contributed by atoms with E-state index in [9.17, 15) is 9.90 Å². The number of hydrogen-bond donors (Lipinski definition) is 6. The number of primary amides is 1. The smallest absolute Gasteiger partial charge is 0.253 e. The third-order valence-corrected chi connectivity index (χ3v) is 5.56. The minimum Gasteiger partial charge on any atom is -0.495 e. The number of rotatable bonds is 10. The van der Waals surface area contributed by atoms with E-state index in [0.717, 1.165) is 50.4 Å². The van der Waals surface area contributed by atoms with Gasteiger partial charge in [0.1, 0.15) is 18.2 Å². The van der Waals surface area contributed by atoms with Gasteiger partial charge in [0.15, 0.2) is 6.29 Å². The third-order valence-electron chi connectivity index (χ3n) is 5.56. The summed E-state index contributed by atoms with van der Waals surface area (Å²) < 4.78 is 11.5. The summed E-state index contributed by atoms with van der Waals surface area (Å²) in [6, 6.07) is -0.359. The molecule has 2 aliphatic heterocycles. The van der Waals surface area contributed by atoms with Crippen LogP contribution in [0, 0.1) is 5.92 Å². The SMILES string of the molecule is CC(C)CC(NC1N=CC(C(N)=O)=C(NC2=CC=C(OC3CCOCC3)CC2)N1)C(N)O. The van der Waals surface area contributed by atoms with Crippen molar-refractivity contribution in [3.8, 4) is 0 Å². The van der Waals surface area contributed by atoms with Crippen LogP contribution in [0.4, 0.5) is 0 Å². The van der Waals surface area contributed by atoms with Gasteiger partial charge in [0.2, 0.25) is 0 Å². The number of hydrogen-bond acceptors (Lipinski definition) is 9. The highest BCUT2D eigenvalue weighted by atomic mass is 16.5. The number of aliphatic hydroxyl groups excluding tert-OH is 1. The Hall–Kier alpha value is -2.40. The van der Waals surface area contributed by atoms with E-state index in [1.807, 2.05) is 12.2 Å². The standard InChI is InChI=1S/C22H36N6O4/c1-13(2)11-18(20(24)30)27-22-25-12-17(19(23)29)21(28-22)26-14-3-5-15(6-4-14)32-16-7-9-31-10-8-16/h3,5,12-13,16,18,20,22,26-28,30H,4,6-11,24H2,1-2H3,(H2,23,29). The van der Waals surface area contributed by atoms with Gasteiger partial charge in [0.05, 0.1) is 24.5 Å². The molecule has 178 valence electrons. The Morgan fingerprint density at radius 1 is 1.34 bits per heavy atom. The van der Waals surface area contributed by atoms with E-state index in [0.29, 0.717) is 18.2 Å². The zero-order valence-electron chi connectivity index (χ0n) is 18.8. The first-order valence-corrected chi connectivity index (χ1v) is 11.3. The Balaban J connectivity index is 1.64. The molecule has 1 fully saturated rings. The van der Waals surface area contributed by atoms with Gasteiger partial charge in [0.25, 0.3) is 5.91 Å². The number of nitrogens with zero attached hydrogens (tertiary/aromatic N) is 1. The number of nitrogens with two attached hydrogens (primary N) is 2. The Labute approximate surface area is 189 Å². The van der Waals surface area contributed by atoms with E-state index in [-0.39, 0.29) is 17.7 Å². The van der Waals surface area contributed by atoms with Crippen molar-refractivity contribution in [2.45, 2.75) is 70.6 Å². The molecule has 1 aliphatic carbocycles. The summed E-state index contributed by atoms with van der Waals surface area (Å²) in [5.74, 6) is 1.17. The second kappa shape index (κ2) is 11.5. The number of ether oxygens (including phenoxy) is 2.